The van der Waals surface area contributed by atoms with Crippen molar-refractivity contribution in [3.63, 3.8) is 0 Å². The molecule has 2 rings (SSSR count). The van der Waals surface area contributed by atoms with Gasteiger partial charge in [-0.3, -0.25) is 4.79 Å². The molecule has 17 heavy (non-hydrogen) atoms. The standard InChI is InChI=1S/C12H13BrFNO2/c1-12(6-17-7-12)5-15-11(16)9-3-2-8(14)4-10(9)13/h2-4H,5-7H2,1H3,(H,15,16). The Labute approximate surface area is 107 Å². The molecule has 1 fully saturated rings. The molecule has 1 heterocycles. The number of amides is 1. The first-order valence-electron chi connectivity index (χ1n) is 5.31. The number of ether oxygens (including phenoxy) is 1. The average molecular weight is 302 g/mol. The fraction of sp³-hybridized carbons (Fsp3) is 0.417. The predicted molar refractivity (Wildman–Crippen MR) is 65.4 cm³/mol. The minimum absolute atomic E-state index is 0.0299. The van der Waals surface area contributed by atoms with Gasteiger partial charge < -0.3 is 10.1 Å². The molecule has 0 spiro atoms. The smallest absolute Gasteiger partial charge is 0.252 e. The van der Waals surface area contributed by atoms with Gasteiger partial charge in [0.15, 0.2) is 0 Å². The molecule has 0 aliphatic carbocycles. The molecule has 1 aliphatic rings. The zero-order valence-corrected chi connectivity index (χ0v) is 11.0. The summed E-state index contributed by atoms with van der Waals surface area (Å²) in [5, 5.41) is 2.83. The third-order valence-electron chi connectivity index (χ3n) is 2.75. The van der Waals surface area contributed by atoms with E-state index in [1.165, 1.54) is 18.2 Å². The predicted octanol–water partition coefficient (Wildman–Crippen LogP) is 2.35. The zero-order chi connectivity index (χ0) is 12.5. The van der Waals surface area contributed by atoms with E-state index in [1.807, 2.05) is 0 Å². The Bertz CT molecular complexity index is 446. The minimum atomic E-state index is -0.368. The summed E-state index contributed by atoms with van der Waals surface area (Å²) in [6.07, 6.45) is 0. The lowest BCUT2D eigenvalue weighted by Gasteiger charge is -2.38. The maximum absolute atomic E-state index is 12.9. The van der Waals surface area contributed by atoms with Gasteiger partial charge in [0.25, 0.3) is 5.91 Å². The van der Waals surface area contributed by atoms with E-state index in [4.69, 9.17) is 4.74 Å². The topological polar surface area (TPSA) is 38.3 Å². The number of hydrogen-bond acceptors (Lipinski definition) is 2. The first-order valence-corrected chi connectivity index (χ1v) is 6.10. The maximum Gasteiger partial charge on any atom is 0.252 e. The van der Waals surface area contributed by atoms with Crippen molar-refractivity contribution >= 4 is 21.8 Å². The van der Waals surface area contributed by atoms with E-state index in [-0.39, 0.29) is 17.1 Å². The third kappa shape index (κ3) is 2.84. The molecule has 0 aromatic heterocycles. The van der Waals surface area contributed by atoms with Crippen molar-refractivity contribution in [3.8, 4) is 0 Å². The molecule has 0 unspecified atom stereocenters. The Morgan fingerprint density at radius 2 is 2.29 bits per heavy atom. The molecule has 1 saturated heterocycles. The van der Waals surface area contributed by atoms with Gasteiger partial charge in [0.1, 0.15) is 5.82 Å². The van der Waals surface area contributed by atoms with Crippen LogP contribution >= 0.6 is 15.9 Å². The Balaban J connectivity index is 1.99. The summed E-state index contributed by atoms with van der Waals surface area (Å²) in [5.74, 6) is -0.572. The molecule has 0 saturated carbocycles. The van der Waals surface area contributed by atoms with Crippen molar-refractivity contribution in [2.24, 2.45) is 5.41 Å². The van der Waals surface area contributed by atoms with Gasteiger partial charge in [-0.25, -0.2) is 4.39 Å². The maximum atomic E-state index is 12.9. The highest BCUT2D eigenvalue weighted by atomic mass is 79.9. The highest BCUT2D eigenvalue weighted by Crippen LogP contribution is 2.25. The fourth-order valence-corrected chi connectivity index (χ4v) is 2.15. The molecule has 1 aromatic carbocycles. The Hall–Kier alpha value is -0.940. The number of rotatable bonds is 3. The van der Waals surface area contributed by atoms with Crippen LogP contribution in [0.1, 0.15) is 17.3 Å². The zero-order valence-electron chi connectivity index (χ0n) is 9.43. The van der Waals surface area contributed by atoms with Crippen LogP contribution < -0.4 is 5.32 Å². The molecule has 0 atom stereocenters. The first-order chi connectivity index (χ1) is 8.00. The molecular weight excluding hydrogens is 289 g/mol. The van der Waals surface area contributed by atoms with Gasteiger partial charge in [0.05, 0.1) is 18.8 Å². The van der Waals surface area contributed by atoms with Crippen LogP contribution in [0.2, 0.25) is 0 Å². The van der Waals surface area contributed by atoms with E-state index in [9.17, 15) is 9.18 Å². The van der Waals surface area contributed by atoms with Gasteiger partial charge in [0, 0.05) is 16.4 Å². The number of benzene rings is 1. The Morgan fingerprint density at radius 1 is 1.59 bits per heavy atom. The van der Waals surface area contributed by atoms with Gasteiger partial charge in [-0.1, -0.05) is 6.92 Å². The molecule has 3 nitrogen and oxygen atoms in total. The quantitative estimate of drug-likeness (QED) is 0.931. The van der Waals surface area contributed by atoms with Crippen LogP contribution in [-0.4, -0.2) is 25.7 Å². The lowest BCUT2D eigenvalue weighted by Crippen LogP contribution is -2.48. The van der Waals surface area contributed by atoms with E-state index < -0.39 is 0 Å². The van der Waals surface area contributed by atoms with Crippen LogP contribution in [-0.2, 0) is 4.74 Å². The first kappa shape index (κ1) is 12.5. The SMILES string of the molecule is CC1(CNC(=O)c2ccc(F)cc2Br)COC1. The van der Waals surface area contributed by atoms with Crippen molar-refractivity contribution in [1.82, 2.24) is 5.32 Å². The highest BCUT2D eigenvalue weighted by molar-refractivity contribution is 9.10. The second kappa shape index (κ2) is 4.74. The number of carbonyl (C=O) groups excluding carboxylic acids is 1. The Morgan fingerprint density at radius 3 is 2.82 bits per heavy atom. The van der Waals surface area contributed by atoms with E-state index in [1.54, 1.807) is 0 Å². The normalized spacial score (nSPS) is 17.4. The lowest BCUT2D eigenvalue weighted by atomic mass is 9.88. The van der Waals surface area contributed by atoms with Gasteiger partial charge >= 0.3 is 0 Å². The van der Waals surface area contributed by atoms with E-state index >= 15 is 0 Å². The van der Waals surface area contributed by atoms with Crippen molar-refractivity contribution in [2.45, 2.75) is 6.92 Å². The summed E-state index contributed by atoms with van der Waals surface area (Å²) in [4.78, 5) is 11.9. The highest BCUT2D eigenvalue weighted by Gasteiger charge is 2.33. The van der Waals surface area contributed by atoms with Gasteiger partial charge in [-0.15, -0.1) is 0 Å². The number of nitrogens with one attached hydrogen (secondary N) is 1. The molecule has 1 amide bonds. The van der Waals surface area contributed by atoms with Gasteiger partial charge in [-0.2, -0.15) is 0 Å². The van der Waals surface area contributed by atoms with Crippen molar-refractivity contribution < 1.29 is 13.9 Å². The molecule has 0 radical (unpaired) electrons. The summed E-state index contributed by atoms with van der Waals surface area (Å²) in [5.41, 5.74) is 0.470. The summed E-state index contributed by atoms with van der Waals surface area (Å²) < 4.78 is 18.4. The average Bonchev–Trinajstić information content (AvgIpc) is 2.23. The van der Waals surface area contributed by atoms with Crippen molar-refractivity contribution in [3.05, 3.63) is 34.1 Å². The summed E-state index contributed by atoms with van der Waals surface area (Å²) >= 11 is 3.17. The van der Waals surface area contributed by atoms with Gasteiger partial charge in [-0.05, 0) is 34.1 Å². The number of halogens is 2. The second-order valence-corrected chi connectivity index (χ2v) is 5.46. The fourth-order valence-electron chi connectivity index (χ4n) is 1.62. The van der Waals surface area contributed by atoms with E-state index in [2.05, 4.69) is 28.2 Å². The van der Waals surface area contributed by atoms with Crippen molar-refractivity contribution in [1.29, 1.82) is 0 Å². The molecule has 5 heteroatoms. The lowest BCUT2D eigenvalue weighted by molar-refractivity contribution is -0.0978. The molecular formula is C12H13BrFNO2. The van der Waals surface area contributed by atoms with Crippen LogP contribution in [0.4, 0.5) is 4.39 Å². The second-order valence-electron chi connectivity index (χ2n) is 4.61. The summed E-state index contributed by atoms with van der Waals surface area (Å²) in [6, 6.07) is 4.02. The van der Waals surface area contributed by atoms with Crippen LogP contribution in [0.25, 0.3) is 0 Å². The van der Waals surface area contributed by atoms with E-state index in [0.717, 1.165) is 0 Å². The largest absolute Gasteiger partial charge is 0.380 e. The molecule has 1 N–H and O–H groups in total. The van der Waals surface area contributed by atoms with Gasteiger partial charge in [0.2, 0.25) is 0 Å². The summed E-state index contributed by atoms with van der Waals surface area (Å²) in [6.45, 7) is 3.95. The van der Waals surface area contributed by atoms with Crippen LogP contribution in [0, 0.1) is 11.2 Å². The van der Waals surface area contributed by atoms with Crippen LogP contribution in [0.3, 0.4) is 0 Å². The molecule has 1 aromatic rings. The van der Waals surface area contributed by atoms with Crippen LogP contribution in [0.15, 0.2) is 22.7 Å². The van der Waals surface area contributed by atoms with Crippen LogP contribution in [0.5, 0.6) is 0 Å². The monoisotopic (exact) mass is 301 g/mol. The minimum Gasteiger partial charge on any atom is -0.380 e. The molecule has 92 valence electrons. The van der Waals surface area contributed by atoms with Crippen molar-refractivity contribution in [2.75, 3.05) is 19.8 Å². The van der Waals surface area contributed by atoms with E-state index in [0.29, 0.717) is 29.8 Å². The number of carbonyl (C=O) groups is 1. The number of hydrogen-bond donors (Lipinski definition) is 1. The molecule has 1 aliphatic heterocycles. The molecule has 0 bridgehead atoms. The summed E-state index contributed by atoms with van der Waals surface area (Å²) in [7, 11) is 0. The third-order valence-corrected chi connectivity index (χ3v) is 3.41. The Kier molecular flexibility index (Phi) is 3.49.